The fourth-order valence-corrected chi connectivity index (χ4v) is 4.23. The zero-order valence-electron chi connectivity index (χ0n) is 17.0. The Hall–Kier alpha value is -2.76. The molecule has 4 rings (SSSR count). The molecule has 2 atom stereocenters. The van der Waals surface area contributed by atoms with Crippen LogP contribution in [0.15, 0.2) is 30.5 Å². The molecule has 8 heteroatoms. The first-order valence-corrected chi connectivity index (χ1v) is 10.3. The van der Waals surface area contributed by atoms with E-state index in [2.05, 4.69) is 26.6 Å². The second kappa shape index (κ2) is 8.54. The molecule has 1 aromatic heterocycles. The molecule has 0 spiro atoms. The largest absolute Gasteiger partial charge is 0.365 e. The SMILES string of the molecule is C[C@@H]1CN(c2ccc(C#N)c3ncccc23)C[C@H](C(=O)NCC2(F)CCNCC2)O1. The summed E-state index contributed by atoms with van der Waals surface area (Å²) in [5.74, 6) is -0.293. The van der Waals surface area contributed by atoms with Crippen molar-refractivity contribution in [1.29, 1.82) is 5.26 Å². The molecule has 0 bridgehead atoms. The summed E-state index contributed by atoms with van der Waals surface area (Å²) in [6, 6.07) is 9.58. The first kappa shape index (κ1) is 20.5. The molecule has 0 unspecified atom stereocenters. The molecule has 2 aromatic rings. The van der Waals surface area contributed by atoms with Gasteiger partial charge >= 0.3 is 0 Å². The van der Waals surface area contributed by atoms with Gasteiger partial charge in [-0.05, 0) is 57.1 Å². The number of fused-ring (bicyclic) bond motifs is 1. The number of nitrogens with one attached hydrogen (secondary N) is 2. The maximum Gasteiger partial charge on any atom is 0.251 e. The summed E-state index contributed by atoms with van der Waals surface area (Å²) in [6.07, 6.45) is 1.59. The van der Waals surface area contributed by atoms with Crippen LogP contribution in [-0.2, 0) is 9.53 Å². The van der Waals surface area contributed by atoms with Gasteiger partial charge in [0.25, 0.3) is 5.91 Å². The van der Waals surface area contributed by atoms with E-state index in [0.29, 0.717) is 50.1 Å². The lowest BCUT2D eigenvalue weighted by molar-refractivity contribution is -0.138. The van der Waals surface area contributed by atoms with Gasteiger partial charge < -0.3 is 20.3 Å². The van der Waals surface area contributed by atoms with Crippen molar-refractivity contribution in [2.45, 2.75) is 37.6 Å². The third-order valence-electron chi connectivity index (χ3n) is 5.84. The van der Waals surface area contributed by atoms with Crippen molar-refractivity contribution in [2.24, 2.45) is 0 Å². The molecule has 0 radical (unpaired) electrons. The van der Waals surface area contributed by atoms with Gasteiger partial charge in [0.1, 0.15) is 11.7 Å². The van der Waals surface area contributed by atoms with E-state index in [1.165, 1.54) is 0 Å². The molecule has 7 nitrogen and oxygen atoms in total. The van der Waals surface area contributed by atoms with Gasteiger partial charge in [-0.3, -0.25) is 9.78 Å². The molecule has 3 heterocycles. The van der Waals surface area contributed by atoms with E-state index in [4.69, 9.17) is 4.74 Å². The predicted molar refractivity (Wildman–Crippen MR) is 112 cm³/mol. The van der Waals surface area contributed by atoms with E-state index in [-0.39, 0.29) is 18.6 Å². The number of alkyl halides is 1. The van der Waals surface area contributed by atoms with E-state index >= 15 is 0 Å². The number of ether oxygens (including phenoxy) is 1. The van der Waals surface area contributed by atoms with Crippen LogP contribution in [0.25, 0.3) is 10.9 Å². The van der Waals surface area contributed by atoms with Crippen LogP contribution in [0.1, 0.15) is 25.3 Å². The summed E-state index contributed by atoms with van der Waals surface area (Å²) < 4.78 is 20.7. The Morgan fingerprint density at radius 2 is 2.20 bits per heavy atom. The van der Waals surface area contributed by atoms with Crippen molar-refractivity contribution in [3.05, 3.63) is 36.0 Å². The van der Waals surface area contributed by atoms with Crippen molar-refractivity contribution in [3.63, 3.8) is 0 Å². The van der Waals surface area contributed by atoms with Gasteiger partial charge in [-0.25, -0.2) is 4.39 Å². The standard InChI is InChI=1S/C22H26FN5O2/c1-15-12-28(18-5-4-16(11-24)20-17(18)3-2-8-26-20)13-19(30-15)21(29)27-14-22(23)6-9-25-10-7-22/h2-5,8,15,19,25H,6-7,9-10,12-14H2,1H3,(H,27,29)/t15-,19-/m1/s1. The highest BCUT2D eigenvalue weighted by molar-refractivity contribution is 5.95. The summed E-state index contributed by atoms with van der Waals surface area (Å²) >= 11 is 0. The first-order chi connectivity index (χ1) is 14.5. The van der Waals surface area contributed by atoms with Crippen LogP contribution in [0.2, 0.25) is 0 Å². The van der Waals surface area contributed by atoms with E-state index in [1.54, 1.807) is 12.3 Å². The predicted octanol–water partition coefficient (Wildman–Crippen LogP) is 1.91. The Kier molecular flexibility index (Phi) is 5.84. The van der Waals surface area contributed by atoms with Gasteiger partial charge in [-0.1, -0.05) is 0 Å². The van der Waals surface area contributed by atoms with Crippen molar-refractivity contribution < 1.29 is 13.9 Å². The number of nitriles is 1. The Bertz CT molecular complexity index is 970. The summed E-state index contributed by atoms with van der Waals surface area (Å²) in [4.78, 5) is 19.2. The van der Waals surface area contributed by atoms with E-state index in [1.807, 2.05) is 25.1 Å². The molecule has 1 aromatic carbocycles. The highest BCUT2D eigenvalue weighted by Crippen LogP contribution is 2.30. The lowest BCUT2D eigenvalue weighted by atomic mass is 9.94. The minimum atomic E-state index is -1.37. The Balaban J connectivity index is 1.51. The summed E-state index contributed by atoms with van der Waals surface area (Å²) in [5.41, 5.74) is 0.698. The lowest BCUT2D eigenvalue weighted by Crippen LogP contribution is -2.55. The normalized spacial score (nSPS) is 23.7. The molecule has 2 aliphatic heterocycles. The zero-order valence-corrected chi connectivity index (χ0v) is 17.0. The summed E-state index contributed by atoms with van der Waals surface area (Å²) in [7, 11) is 0. The van der Waals surface area contributed by atoms with Crippen LogP contribution < -0.4 is 15.5 Å². The average molecular weight is 411 g/mol. The number of morpholine rings is 1. The Morgan fingerprint density at radius 3 is 2.97 bits per heavy atom. The number of hydrogen-bond acceptors (Lipinski definition) is 6. The van der Waals surface area contributed by atoms with E-state index < -0.39 is 11.8 Å². The molecule has 0 saturated carbocycles. The van der Waals surface area contributed by atoms with Crippen molar-refractivity contribution in [3.8, 4) is 6.07 Å². The molecule has 0 aliphatic carbocycles. The Morgan fingerprint density at radius 1 is 1.40 bits per heavy atom. The van der Waals surface area contributed by atoms with Crippen LogP contribution in [0.4, 0.5) is 10.1 Å². The van der Waals surface area contributed by atoms with Crippen molar-refractivity contribution in [1.82, 2.24) is 15.6 Å². The number of nitrogens with zero attached hydrogens (tertiary/aromatic N) is 3. The van der Waals surface area contributed by atoms with Crippen molar-refractivity contribution >= 4 is 22.5 Å². The highest BCUT2D eigenvalue weighted by Gasteiger charge is 2.35. The average Bonchev–Trinajstić information content (AvgIpc) is 2.77. The zero-order chi connectivity index (χ0) is 21.1. The second-order valence-electron chi connectivity index (χ2n) is 8.10. The van der Waals surface area contributed by atoms with Gasteiger partial charge in [-0.15, -0.1) is 0 Å². The highest BCUT2D eigenvalue weighted by atomic mass is 19.1. The van der Waals surface area contributed by atoms with Crippen LogP contribution in [0, 0.1) is 11.3 Å². The quantitative estimate of drug-likeness (QED) is 0.799. The maximum atomic E-state index is 14.8. The number of amides is 1. The van der Waals surface area contributed by atoms with Gasteiger partial charge in [0.15, 0.2) is 6.10 Å². The molecule has 30 heavy (non-hydrogen) atoms. The molecule has 1 amide bonds. The first-order valence-electron chi connectivity index (χ1n) is 10.3. The molecule has 2 N–H and O–H groups in total. The monoisotopic (exact) mass is 411 g/mol. The molecule has 2 fully saturated rings. The Labute approximate surface area is 175 Å². The second-order valence-corrected chi connectivity index (χ2v) is 8.10. The maximum absolute atomic E-state index is 14.8. The number of pyridine rings is 1. The van der Waals surface area contributed by atoms with Gasteiger partial charge in [0.05, 0.1) is 30.3 Å². The number of carbonyl (C=O) groups is 1. The van der Waals surface area contributed by atoms with Crippen LogP contribution in [-0.4, -0.2) is 61.5 Å². The fourth-order valence-electron chi connectivity index (χ4n) is 4.23. The van der Waals surface area contributed by atoms with E-state index in [0.717, 1.165) is 11.1 Å². The minimum Gasteiger partial charge on any atom is -0.365 e. The third kappa shape index (κ3) is 4.23. The van der Waals surface area contributed by atoms with Gasteiger partial charge in [0, 0.05) is 23.8 Å². The fraction of sp³-hybridized carbons (Fsp3) is 0.500. The lowest BCUT2D eigenvalue weighted by Gasteiger charge is -2.38. The molecule has 158 valence electrons. The number of rotatable bonds is 4. The number of aromatic nitrogens is 1. The van der Waals surface area contributed by atoms with Crippen LogP contribution >= 0.6 is 0 Å². The van der Waals surface area contributed by atoms with E-state index in [9.17, 15) is 14.4 Å². The minimum absolute atomic E-state index is 0.00543. The van der Waals surface area contributed by atoms with Gasteiger partial charge in [0.2, 0.25) is 0 Å². The molecule has 2 aliphatic rings. The number of anilines is 1. The smallest absolute Gasteiger partial charge is 0.251 e. The van der Waals surface area contributed by atoms with Crippen molar-refractivity contribution in [2.75, 3.05) is 37.6 Å². The van der Waals surface area contributed by atoms with Crippen LogP contribution in [0.3, 0.4) is 0 Å². The number of carbonyl (C=O) groups excluding carboxylic acids is 1. The topological polar surface area (TPSA) is 90.3 Å². The number of benzene rings is 1. The molecular formula is C22H26FN5O2. The number of piperidine rings is 1. The molecule has 2 saturated heterocycles. The number of hydrogen-bond donors (Lipinski definition) is 2. The van der Waals surface area contributed by atoms with Gasteiger partial charge in [-0.2, -0.15) is 5.26 Å². The summed E-state index contributed by atoms with van der Waals surface area (Å²) in [6.45, 7) is 4.13. The summed E-state index contributed by atoms with van der Waals surface area (Å²) in [5, 5.41) is 16.1. The van der Waals surface area contributed by atoms with Crippen LogP contribution in [0.5, 0.6) is 0 Å². The third-order valence-corrected chi connectivity index (χ3v) is 5.84. The molecular weight excluding hydrogens is 385 g/mol. The number of halogens is 1.